The van der Waals surface area contributed by atoms with Crippen LogP contribution in [0.4, 0.5) is 15.9 Å². The van der Waals surface area contributed by atoms with E-state index in [9.17, 15) is 9.18 Å². The Labute approximate surface area is 208 Å². The Balaban J connectivity index is 1.48. The average molecular weight is 502 g/mol. The highest BCUT2D eigenvalue weighted by Crippen LogP contribution is 2.37. The molecule has 4 rings (SSSR count). The van der Waals surface area contributed by atoms with Crippen molar-refractivity contribution in [2.45, 2.75) is 37.8 Å². The third kappa shape index (κ3) is 6.10. The molecule has 0 aliphatic heterocycles. The second kappa shape index (κ2) is 11.0. The third-order valence-electron chi connectivity index (χ3n) is 6.11. The number of likely N-dealkylation sites (N-methyl/N-ethyl adjacent to an activating group) is 1. The highest BCUT2D eigenvalue weighted by molar-refractivity contribution is 6.31. The Kier molecular flexibility index (Phi) is 7.87. The van der Waals surface area contributed by atoms with Crippen LogP contribution in [0.5, 0.6) is 11.5 Å². The lowest BCUT2D eigenvalue weighted by atomic mass is 9.93. The van der Waals surface area contributed by atoms with Crippen molar-refractivity contribution in [3.8, 4) is 11.5 Å². The van der Waals surface area contributed by atoms with Crippen molar-refractivity contribution in [1.82, 2.24) is 20.2 Å². The van der Waals surface area contributed by atoms with E-state index in [4.69, 9.17) is 21.1 Å². The molecule has 1 fully saturated rings. The first-order chi connectivity index (χ1) is 16.8. The van der Waals surface area contributed by atoms with Crippen LogP contribution < -0.4 is 20.1 Å². The number of ether oxygens (including phenoxy) is 2. The molecular formula is C25H29ClFN5O3. The molecule has 0 atom stereocenters. The molecule has 0 saturated heterocycles. The lowest BCUT2D eigenvalue weighted by Crippen LogP contribution is -2.41. The van der Waals surface area contributed by atoms with E-state index in [2.05, 4.69) is 20.6 Å². The summed E-state index contributed by atoms with van der Waals surface area (Å²) in [5, 5.41) is 7.29. The second-order valence-electron chi connectivity index (χ2n) is 8.76. The molecule has 1 aromatic heterocycles. The van der Waals surface area contributed by atoms with Gasteiger partial charge in [0.1, 0.15) is 18.0 Å². The number of amides is 1. The Morgan fingerprint density at radius 2 is 1.91 bits per heavy atom. The molecule has 0 unspecified atom stereocenters. The summed E-state index contributed by atoms with van der Waals surface area (Å²) >= 11 is 5.92. The predicted molar refractivity (Wildman–Crippen MR) is 134 cm³/mol. The predicted octanol–water partition coefficient (Wildman–Crippen LogP) is 4.54. The average Bonchev–Trinajstić information content (AvgIpc) is 2.85. The SMILES string of the molecule is COc1cc2ncnc(Nc3ccc(F)c(Cl)c3)c2cc1OC1CCC(NCC(=O)N(C)C)CC1. The maximum Gasteiger partial charge on any atom is 0.236 e. The van der Waals surface area contributed by atoms with E-state index in [1.165, 1.54) is 18.5 Å². The van der Waals surface area contributed by atoms with E-state index in [0.717, 1.165) is 31.1 Å². The number of aromatic nitrogens is 2. The molecule has 35 heavy (non-hydrogen) atoms. The first-order valence-electron chi connectivity index (χ1n) is 11.5. The molecule has 1 aliphatic rings. The lowest BCUT2D eigenvalue weighted by molar-refractivity contribution is -0.127. The lowest BCUT2D eigenvalue weighted by Gasteiger charge is -2.30. The van der Waals surface area contributed by atoms with Gasteiger partial charge in [-0.25, -0.2) is 14.4 Å². The first-order valence-corrected chi connectivity index (χ1v) is 11.9. The fraction of sp³-hybridized carbons (Fsp3) is 0.400. The molecule has 1 heterocycles. The quantitative estimate of drug-likeness (QED) is 0.468. The Morgan fingerprint density at radius 3 is 2.60 bits per heavy atom. The van der Waals surface area contributed by atoms with Crippen molar-refractivity contribution in [2.75, 3.05) is 33.1 Å². The molecule has 0 spiro atoms. The highest BCUT2D eigenvalue weighted by atomic mass is 35.5. The van der Waals surface area contributed by atoms with Crippen molar-refractivity contribution >= 4 is 39.9 Å². The van der Waals surface area contributed by atoms with Crippen molar-refractivity contribution < 1.29 is 18.7 Å². The van der Waals surface area contributed by atoms with Gasteiger partial charge in [0.15, 0.2) is 11.5 Å². The van der Waals surface area contributed by atoms with E-state index >= 15 is 0 Å². The summed E-state index contributed by atoms with van der Waals surface area (Å²) < 4.78 is 25.5. The van der Waals surface area contributed by atoms with Crippen LogP contribution in [0.3, 0.4) is 0 Å². The monoisotopic (exact) mass is 501 g/mol. The molecule has 8 nitrogen and oxygen atoms in total. The van der Waals surface area contributed by atoms with Gasteiger partial charge in [-0.3, -0.25) is 4.79 Å². The Morgan fingerprint density at radius 1 is 1.14 bits per heavy atom. The van der Waals surface area contributed by atoms with E-state index in [-0.39, 0.29) is 17.0 Å². The second-order valence-corrected chi connectivity index (χ2v) is 9.16. The van der Waals surface area contributed by atoms with Gasteiger partial charge in [-0.15, -0.1) is 0 Å². The van der Waals surface area contributed by atoms with E-state index < -0.39 is 5.82 Å². The third-order valence-corrected chi connectivity index (χ3v) is 6.40. The van der Waals surface area contributed by atoms with Crippen LogP contribution in [-0.4, -0.2) is 60.7 Å². The Hall–Kier alpha value is -3.17. The van der Waals surface area contributed by atoms with Crippen molar-refractivity contribution in [2.24, 2.45) is 0 Å². The molecule has 2 N–H and O–H groups in total. The van der Waals surface area contributed by atoms with Gasteiger partial charge in [-0.05, 0) is 49.9 Å². The van der Waals surface area contributed by atoms with Gasteiger partial charge >= 0.3 is 0 Å². The molecule has 186 valence electrons. The van der Waals surface area contributed by atoms with Crippen molar-refractivity contribution in [3.63, 3.8) is 0 Å². The summed E-state index contributed by atoms with van der Waals surface area (Å²) in [6, 6.07) is 8.37. The number of carbonyl (C=O) groups excluding carboxylic acids is 1. The zero-order valence-corrected chi connectivity index (χ0v) is 20.7. The molecule has 3 aromatic rings. The molecule has 2 aromatic carbocycles. The van der Waals surface area contributed by atoms with Crippen LogP contribution in [-0.2, 0) is 4.79 Å². The number of nitrogens with one attached hydrogen (secondary N) is 2. The Bertz CT molecular complexity index is 1200. The zero-order valence-electron chi connectivity index (χ0n) is 20.0. The maximum absolute atomic E-state index is 13.5. The molecule has 0 radical (unpaired) electrons. The van der Waals surface area contributed by atoms with E-state index in [0.29, 0.717) is 41.1 Å². The fourth-order valence-corrected chi connectivity index (χ4v) is 4.26. The fourth-order valence-electron chi connectivity index (χ4n) is 4.08. The van der Waals surface area contributed by atoms with Crippen LogP contribution >= 0.6 is 11.6 Å². The molecule has 1 saturated carbocycles. The van der Waals surface area contributed by atoms with Gasteiger partial charge < -0.3 is 25.0 Å². The van der Waals surface area contributed by atoms with Crippen LogP contribution in [0, 0.1) is 5.82 Å². The summed E-state index contributed by atoms with van der Waals surface area (Å²) in [4.78, 5) is 22.1. The van der Waals surface area contributed by atoms with Gasteiger partial charge in [0.2, 0.25) is 5.91 Å². The number of benzene rings is 2. The van der Waals surface area contributed by atoms with Gasteiger partial charge in [0, 0.05) is 37.3 Å². The summed E-state index contributed by atoms with van der Waals surface area (Å²) in [5.41, 5.74) is 1.28. The highest BCUT2D eigenvalue weighted by Gasteiger charge is 2.24. The minimum absolute atomic E-state index is 0.0234. The molecule has 1 aliphatic carbocycles. The van der Waals surface area contributed by atoms with Crippen molar-refractivity contribution in [3.05, 3.63) is 47.5 Å². The normalized spacial score (nSPS) is 17.7. The zero-order chi connectivity index (χ0) is 24.9. The summed E-state index contributed by atoms with van der Waals surface area (Å²) in [6.45, 7) is 0.344. The van der Waals surface area contributed by atoms with Gasteiger partial charge in [0.05, 0.1) is 30.3 Å². The minimum Gasteiger partial charge on any atom is -0.493 e. The van der Waals surface area contributed by atoms with E-state index in [1.54, 1.807) is 32.2 Å². The number of carbonyl (C=O) groups is 1. The van der Waals surface area contributed by atoms with Crippen LogP contribution in [0.25, 0.3) is 10.9 Å². The number of methoxy groups -OCH3 is 1. The van der Waals surface area contributed by atoms with Crippen LogP contribution in [0.15, 0.2) is 36.7 Å². The van der Waals surface area contributed by atoms with Gasteiger partial charge in [0.25, 0.3) is 0 Å². The first kappa shape index (κ1) is 24.9. The standard InChI is InChI=1S/C25H29ClFN5O3/c1-32(2)24(33)13-28-15-4-7-17(8-5-15)35-23-11-18-21(12-22(23)34-3)29-14-30-25(18)31-16-6-9-20(27)19(26)10-16/h6,9-12,14-15,17,28H,4-5,7-8,13H2,1-3H3,(H,29,30,31). The van der Waals surface area contributed by atoms with E-state index in [1.807, 2.05) is 12.1 Å². The van der Waals surface area contributed by atoms with Crippen molar-refractivity contribution in [1.29, 1.82) is 0 Å². The summed E-state index contributed by atoms with van der Waals surface area (Å²) in [7, 11) is 5.11. The maximum atomic E-state index is 13.5. The number of hydrogen-bond acceptors (Lipinski definition) is 7. The number of anilines is 2. The topological polar surface area (TPSA) is 88.6 Å². The molecule has 0 bridgehead atoms. The summed E-state index contributed by atoms with van der Waals surface area (Å²) in [6.07, 6.45) is 5.04. The smallest absolute Gasteiger partial charge is 0.236 e. The minimum atomic E-state index is -0.487. The largest absolute Gasteiger partial charge is 0.493 e. The van der Waals surface area contributed by atoms with Crippen LogP contribution in [0.1, 0.15) is 25.7 Å². The number of fused-ring (bicyclic) bond motifs is 1. The molecular weight excluding hydrogens is 473 g/mol. The van der Waals surface area contributed by atoms with Gasteiger partial charge in [-0.1, -0.05) is 11.6 Å². The van der Waals surface area contributed by atoms with Gasteiger partial charge in [-0.2, -0.15) is 0 Å². The molecule has 1 amide bonds. The molecule has 10 heteroatoms. The summed E-state index contributed by atoms with van der Waals surface area (Å²) in [5.74, 6) is 1.32. The number of halogens is 2. The number of nitrogens with zero attached hydrogens (tertiary/aromatic N) is 3. The number of hydrogen-bond donors (Lipinski definition) is 2. The van der Waals surface area contributed by atoms with Crippen LogP contribution in [0.2, 0.25) is 5.02 Å². The number of rotatable bonds is 8.